The van der Waals surface area contributed by atoms with E-state index in [9.17, 15) is 0 Å². The predicted molar refractivity (Wildman–Crippen MR) is 44.1 cm³/mol. The van der Waals surface area contributed by atoms with E-state index in [0.29, 0.717) is 6.10 Å². The lowest BCUT2D eigenvalue weighted by atomic mass is 10.2. The Morgan fingerprint density at radius 3 is 2.44 bits per heavy atom. The zero-order valence-corrected chi connectivity index (χ0v) is 7.78. The van der Waals surface area contributed by atoms with Crippen LogP contribution in [0.4, 0.5) is 0 Å². The molecule has 1 nitrogen and oxygen atoms in total. The van der Waals surface area contributed by atoms with E-state index in [2.05, 4.69) is 22.9 Å². The second kappa shape index (κ2) is 6.56. The van der Waals surface area contributed by atoms with Gasteiger partial charge in [-0.2, -0.15) is 0 Å². The molecule has 9 heavy (non-hydrogen) atoms. The highest BCUT2D eigenvalue weighted by Gasteiger charge is 2.02. The van der Waals surface area contributed by atoms with Crippen LogP contribution in [0.25, 0.3) is 0 Å². The standard InChI is InChI=1S/C7H15BrO/c1-3-5-7(6-8)9-4-2/h7H,3-6H2,1-2H3. The van der Waals surface area contributed by atoms with E-state index in [1.165, 1.54) is 12.8 Å². The molecule has 0 heterocycles. The molecule has 0 N–H and O–H groups in total. The van der Waals surface area contributed by atoms with Gasteiger partial charge in [-0.05, 0) is 13.3 Å². The van der Waals surface area contributed by atoms with Gasteiger partial charge in [-0.15, -0.1) is 0 Å². The zero-order chi connectivity index (χ0) is 7.11. The summed E-state index contributed by atoms with van der Waals surface area (Å²) in [6.07, 6.45) is 2.80. The first-order chi connectivity index (χ1) is 4.35. The first-order valence-electron chi connectivity index (χ1n) is 3.52. The molecule has 56 valence electrons. The zero-order valence-electron chi connectivity index (χ0n) is 6.19. The molecule has 2 heteroatoms. The monoisotopic (exact) mass is 194 g/mol. The van der Waals surface area contributed by atoms with Gasteiger partial charge in [0, 0.05) is 11.9 Å². The largest absolute Gasteiger partial charge is 0.378 e. The molecule has 0 aliphatic rings. The fourth-order valence-electron chi connectivity index (χ4n) is 0.763. The molecule has 0 saturated heterocycles. The highest BCUT2D eigenvalue weighted by Crippen LogP contribution is 2.04. The molecule has 0 radical (unpaired) electrons. The van der Waals surface area contributed by atoms with Crippen molar-refractivity contribution in [2.45, 2.75) is 32.8 Å². The topological polar surface area (TPSA) is 9.23 Å². The maximum absolute atomic E-state index is 5.38. The quantitative estimate of drug-likeness (QED) is 0.612. The van der Waals surface area contributed by atoms with E-state index in [0.717, 1.165) is 11.9 Å². The van der Waals surface area contributed by atoms with Gasteiger partial charge in [-0.25, -0.2) is 0 Å². The Hall–Kier alpha value is 0.440. The van der Waals surface area contributed by atoms with Gasteiger partial charge in [0.1, 0.15) is 0 Å². The molecule has 0 aliphatic heterocycles. The molecule has 0 aromatic heterocycles. The number of hydrogen-bond donors (Lipinski definition) is 0. The molecule has 0 amide bonds. The summed E-state index contributed by atoms with van der Waals surface area (Å²) in [4.78, 5) is 0. The van der Waals surface area contributed by atoms with Crippen LogP contribution >= 0.6 is 15.9 Å². The van der Waals surface area contributed by atoms with Crippen molar-refractivity contribution in [1.29, 1.82) is 0 Å². The Kier molecular flexibility index (Phi) is 6.88. The average Bonchev–Trinajstić information content (AvgIpc) is 1.88. The highest BCUT2D eigenvalue weighted by molar-refractivity contribution is 9.09. The Morgan fingerprint density at radius 1 is 1.44 bits per heavy atom. The summed E-state index contributed by atoms with van der Waals surface area (Å²) in [6, 6.07) is 0. The third kappa shape index (κ3) is 4.91. The maximum atomic E-state index is 5.38. The third-order valence-electron chi connectivity index (χ3n) is 1.19. The lowest BCUT2D eigenvalue weighted by Gasteiger charge is -2.11. The van der Waals surface area contributed by atoms with Crippen molar-refractivity contribution in [2.24, 2.45) is 0 Å². The summed E-state index contributed by atoms with van der Waals surface area (Å²) in [5.74, 6) is 0. The number of alkyl halides is 1. The molecule has 1 atom stereocenters. The minimum absolute atomic E-state index is 0.431. The lowest BCUT2D eigenvalue weighted by Crippen LogP contribution is -2.13. The van der Waals surface area contributed by atoms with Gasteiger partial charge in [0.25, 0.3) is 0 Å². The summed E-state index contributed by atoms with van der Waals surface area (Å²) < 4.78 is 5.38. The van der Waals surface area contributed by atoms with Crippen LogP contribution in [0.5, 0.6) is 0 Å². The van der Waals surface area contributed by atoms with Gasteiger partial charge < -0.3 is 4.74 Å². The van der Waals surface area contributed by atoms with Gasteiger partial charge in [-0.1, -0.05) is 29.3 Å². The van der Waals surface area contributed by atoms with Crippen LogP contribution in [0.3, 0.4) is 0 Å². The first kappa shape index (κ1) is 9.44. The lowest BCUT2D eigenvalue weighted by molar-refractivity contribution is 0.0740. The molecule has 1 unspecified atom stereocenters. The first-order valence-corrected chi connectivity index (χ1v) is 4.64. The summed E-state index contributed by atoms with van der Waals surface area (Å²) in [5.41, 5.74) is 0. The maximum Gasteiger partial charge on any atom is 0.0671 e. The van der Waals surface area contributed by atoms with E-state index in [4.69, 9.17) is 4.74 Å². The Labute approximate surface area is 65.9 Å². The number of rotatable bonds is 5. The molecule has 0 aliphatic carbocycles. The Balaban J connectivity index is 3.18. The van der Waals surface area contributed by atoms with Crippen LogP contribution < -0.4 is 0 Å². The van der Waals surface area contributed by atoms with Crippen molar-refractivity contribution in [3.05, 3.63) is 0 Å². The SMILES string of the molecule is CCCC(CBr)OCC. The van der Waals surface area contributed by atoms with Crippen molar-refractivity contribution in [2.75, 3.05) is 11.9 Å². The van der Waals surface area contributed by atoms with Crippen molar-refractivity contribution in [1.82, 2.24) is 0 Å². The average molecular weight is 195 g/mol. The normalized spacial score (nSPS) is 13.7. The van der Waals surface area contributed by atoms with E-state index < -0.39 is 0 Å². The fourth-order valence-corrected chi connectivity index (χ4v) is 1.27. The van der Waals surface area contributed by atoms with Gasteiger partial charge in [0.15, 0.2) is 0 Å². The van der Waals surface area contributed by atoms with E-state index in [1.807, 2.05) is 6.92 Å². The van der Waals surface area contributed by atoms with Gasteiger partial charge >= 0.3 is 0 Å². The van der Waals surface area contributed by atoms with Gasteiger partial charge in [-0.3, -0.25) is 0 Å². The summed E-state index contributed by atoms with van der Waals surface area (Å²) in [5, 5.41) is 0.967. The van der Waals surface area contributed by atoms with E-state index in [1.54, 1.807) is 0 Å². The molecule has 0 rings (SSSR count). The summed E-state index contributed by atoms with van der Waals surface area (Å²) in [7, 11) is 0. The summed E-state index contributed by atoms with van der Waals surface area (Å²) in [6.45, 7) is 5.04. The van der Waals surface area contributed by atoms with E-state index >= 15 is 0 Å². The van der Waals surface area contributed by atoms with Gasteiger partial charge in [0.2, 0.25) is 0 Å². The third-order valence-corrected chi connectivity index (χ3v) is 1.91. The number of ether oxygens (including phenoxy) is 1. The predicted octanol–water partition coefficient (Wildman–Crippen LogP) is 2.59. The second-order valence-corrected chi connectivity index (χ2v) is 2.67. The molecule has 0 fully saturated rings. The van der Waals surface area contributed by atoms with Crippen LogP contribution in [-0.2, 0) is 4.74 Å². The van der Waals surface area contributed by atoms with Gasteiger partial charge in [0.05, 0.1) is 6.10 Å². The fraction of sp³-hybridized carbons (Fsp3) is 1.00. The van der Waals surface area contributed by atoms with Crippen molar-refractivity contribution < 1.29 is 4.74 Å². The highest BCUT2D eigenvalue weighted by atomic mass is 79.9. The van der Waals surface area contributed by atoms with Crippen molar-refractivity contribution in [3.63, 3.8) is 0 Å². The van der Waals surface area contributed by atoms with E-state index in [-0.39, 0.29) is 0 Å². The van der Waals surface area contributed by atoms with Crippen LogP contribution in [0.2, 0.25) is 0 Å². The van der Waals surface area contributed by atoms with Crippen LogP contribution in [0.1, 0.15) is 26.7 Å². The molecular formula is C7H15BrO. The van der Waals surface area contributed by atoms with Crippen LogP contribution in [0.15, 0.2) is 0 Å². The molecule has 0 aromatic rings. The van der Waals surface area contributed by atoms with Crippen molar-refractivity contribution in [3.8, 4) is 0 Å². The number of hydrogen-bond acceptors (Lipinski definition) is 1. The molecular weight excluding hydrogens is 180 g/mol. The molecule has 0 spiro atoms. The van der Waals surface area contributed by atoms with Crippen LogP contribution in [-0.4, -0.2) is 18.0 Å². The minimum atomic E-state index is 0.431. The molecule has 0 bridgehead atoms. The number of halogens is 1. The summed E-state index contributed by atoms with van der Waals surface area (Å²) >= 11 is 3.39. The van der Waals surface area contributed by atoms with Crippen LogP contribution in [0, 0.1) is 0 Å². The Bertz CT molecular complexity index is 50.9. The Morgan fingerprint density at radius 2 is 2.11 bits per heavy atom. The minimum Gasteiger partial charge on any atom is -0.378 e. The molecule has 0 saturated carbocycles. The van der Waals surface area contributed by atoms with Crippen molar-refractivity contribution >= 4 is 15.9 Å². The molecule has 0 aromatic carbocycles. The smallest absolute Gasteiger partial charge is 0.0671 e. The second-order valence-electron chi connectivity index (χ2n) is 2.02.